The lowest BCUT2D eigenvalue weighted by atomic mass is 10.1. The molecule has 1 aromatic heterocycles. The molecule has 2 aromatic rings. The second-order valence-electron chi connectivity index (χ2n) is 5.88. The number of hydrogen-bond donors (Lipinski definition) is 1. The highest BCUT2D eigenvalue weighted by molar-refractivity contribution is 5.99. The molecule has 1 aliphatic heterocycles. The average molecular weight is 320 g/mol. The molecule has 0 bridgehead atoms. The van der Waals surface area contributed by atoms with Gasteiger partial charge in [0, 0.05) is 36.6 Å². The number of fused-ring (bicyclic) bond motifs is 1. The number of hydrogen-bond acceptors (Lipinski definition) is 4. The molecule has 0 saturated carbocycles. The lowest BCUT2D eigenvalue weighted by molar-refractivity contribution is 0.0203. The maximum Gasteiger partial charge on any atom is 0.287 e. The molecule has 3 rings (SSSR count). The fourth-order valence-electron chi connectivity index (χ4n) is 2.89. The van der Waals surface area contributed by atoms with Crippen LogP contribution in [0.15, 0.2) is 22.6 Å². The molecule has 0 radical (unpaired) electrons. The number of benzene rings is 1. The minimum Gasteiger partial charge on any atom is -0.448 e. The van der Waals surface area contributed by atoms with Gasteiger partial charge in [-0.15, -0.1) is 0 Å². The van der Waals surface area contributed by atoms with E-state index in [1.807, 2.05) is 0 Å². The summed E-state index contributed by atoms with van der Waals surface area (Å²) in [6.45, 7) is 7.53. The summed E-state index contributed by atoms with van der Waals surface area (Å²) >= 11 is 0. The van der Waals surface area contributed by atoms with E-state index in [4.69, 9.17) is 9.15 Å². The van der Waals surface area contributed by atoms with Gasteiger partial charge in [-0.3, -0.25) is 9.69 Å². The first-order valence-corrected chi connectivity index (χ1v) is 7.85. The third-order valence-electron chi connectivity index (χ3n) is 4.35. The molecular formula is C17H21FN2O3. The molecule has 1 fully saturated rings. The molecule has 124 valence electrons. The van der Waals surface area contributed by atoms with Crippen molar-refractivity contribution < 1.29 is 18.3 Å². The first kappa shape index (κ1) is 16.0. The highest BCUT2D eigenvalue weighted by Crippen LogP contribution is 2.27. The van der Waals surface area contributed by atoms with Gasteiger partial charge in [0.15, 0.2) is 17.2 Å². The largest absolute Gasteiger partial charge is 0.448 e. The number of nitrogens with one attached hydrogen (secondary N) is 1. The number of rotatable bonds is 4. The minimum atomic E-state index is -0.452. The summed E-state index contributed by atoms with van der Waals surface area (Å²) in [6, 6.07) is 4.91. The Morgan fingerprint density at radius 2 is 2.13 bits per heavy atom. The first-order valence-electron chi connectivity index (χ1n) is 7.85. The quantitative estimate of drug-likeness (QED) is 0.939. The first-order chi connectivity index (χ1) is 11.1. The summed E-state index contributed by atoms with van der Waals surface area (Å²) < 4.78 is 24.5. The number of carbonyl (C=O) groups excluding carboxylic acids is 1. The molecule has 1 aromatic carbocycles. The van der Waals surface area contributed by atoms with Gasteiger partial charge in [-0.2, -0.15) is 0 Å². The van der Waals surface area contributed by atoms with Crippen LogP contribution in [-0.2, 0) is 4.74 Å². The lowest BCUT2D eigenvalue weighted by Crippen LogP contribution is -2.47. The summed E-state index contributed by atoms with van der Waals surface area (Å²) in [7, 11) is 0. The number of morpholine rings is 1. The SMILES string of the molecule is Cc1c(C(=O)NCC(C)N2CCOCC2)oc2c(F)cccc12. The van der Waals surface area contributed by atoms with E-state index >= 15 is 0 Å². The number of ether oxygens (including phenoxy) is 1. The van der Waals surface area contributed by atoms with Crippen molar-refractivity contribution in [1.29, 1.82) is 0 Å². The third kappa shape index (κ3) is 3.23. The highest BCUT2D eigenvalue weighted by Gasteiger charge is 2.21. The fraction of sp³-hybridized carbons (Fsp3) is 0.471. The van der Waals surface area contributed by atoms with E-state index in [9.17, 15) is 9.18 Å². The van der Waals surface area contributed by atoms with Crippen LogP contribution in [-0.4, -0.2) is 49.7 Å². The van der Waals surface area contributed by atoms with Crippen LogP contribution in [0, 0.1) is 12.7 Å². The molecule has 1 aliphatic rings. The minimum absolute atomic E-state index is 0.136. The Labute approximate surface area is 134 Å². The number of nitrogens with zero attached hydrogens (tertiary/aromatic N) is 1. The summed E-state index contributed by atoms with van der Waals surface area (Å²) in [6.07, 6.45) is 0. The Hall–Kier alpha value is -1.92. The van der Waals surface area contributed by atoms with Gasteiger partial charge in [-0.1, -0.05) is 12.1 Å². The van der Waals surface area contributed by atoms with E-state index in [2.05, 4.69) is 17.1 Å². The van der Waals surface area contributed by atoms with Crippen molar-refractivity contribution in [2.45, 2.75) is 19.9 Å². The van der Waals surface area contributed by atoms with Gasteiger partial charge in [0.2, 0.25) is 0 Å². The Bertz CT molecular complexity index is 707. The number of para-hydroxylation sites is 1. The number of furan rings is 1. The molecular weight excluding hydrogens is 299 g/mol. The van der Waals surface area contributed by atoms with Crippen LogP contribution < -0.4 is 5.32 Å². The third-order valence-corrected chi connectivity index (χ3v) is 4.35. The maximum atomic E-state index is 13.8. The normalized spacial score (nSPS) is 17.3. The maximum absolute atomic E-state index is 13.8. The van der Waals surface area contributed by atoms with Crippen molar-refractivity contribution in [2.24, 2.45) is 0 Å². The molecule has 1 N–H and O–H groups in total. The average Bonchev–Trinajstić information content (AvgIpc) is 2.92. The fourth-order valence-corrected chi connectivity index (χ4v) is 2.89. The van der Waals surface area contributed by atoms with E-state index < -0.39 is 5.82 Å². The molecule has 2 heterocycles. The van der Waals surface area contributed by atoms with Gasteiger partial charge in [-0.05, 0) is 19.9 Å². The second-order valence-corrected chi connectivity index (χ2v) is 5.88. The van der Waals surface area contributed by atoms with E-state index in [0.29, 0.717) is 17.5 Å². The number of halogens is 1. The van der Waals surface area contributed by atoms with Crippen LogP contribution in [0.5, 0.6) is 0 Å². The van der Waals surface area contributed by atoms with Crippen molar-refractivity contribution in [3.05, 3.63) is 35.3 Å². The molecule has 1 amide bonds. The van der Waals surface area contributed by atoms with Crippen LogP contribution in [0.1, 0.15) is 23.0 Å². The second kappa shape index (κ2) is 6.68. The van der Waals surface area contributed by atoms with Gasteiger partial charge in [0.1, 0.15) is 0 Å². The molecule has 1 unspecified atom stereocenters. The van der Waals surface area contributed by atoms with Crippen molar-refractivity contribution in [2.75, 3.05) is 32.8 Å². The molecule has 1 saturated heterocycles. The van der Waals surface area contributed by atoms with E-state index in [-0.39, 0.29) is 23.3 Å². The van der Waals surface area contributed by atoms with Gasteiger partial charge in [-0.25, -0.2) is 4.39 Å². The van der Waals surface area contributed by atoms with Gasteiger partial charge in [0.05, 0.1) is 13.2 Å². The molecule has 6 heteroatoms. The zero-order valence-corrected chi connectivity index (χ0v) is 13.4. The van der Waals surface area contributed by atoms with Crippen molar-refractivity contribution >= 4 is 16.9 Å². The topological polar surface area (TPSA) is 54.7 Å². The van der Waals surface area contributed by atoms with Crippen molar-refractivity contribution in [3.63, 3.8) is 0 Å². The van der Waals surface area contributed by atoms with Crippen molar-refractivity contribution in [3.8, 4) is 0 Å². The van der Waals surface area contributed by atoms with E-state index in [1.165, 1.54) is 6.07 Å². The van der Waals surface area contributed by atoms with E-state index in [1.54, 1.807) is 19.1 Å². The van der Waals surface area contributed by atoms with Crippen LogP contribution >= 0.6 is 0 Å². The zero-order chi connectivity index (χ0) is 16.4. The summed E-state index contributed by atoms with van der Waals surface area (Å²) in [5.41, 5.74) is 0.799. The molecule has 5 nitrogen and oxygen atoms in total. The molecule has 23 heavy (non-hydrogen) atoms. The Kier molecular flexibility index (Phi) is 4.63. The Balaban J connectivity index is 1.68. The van der Waals surface area contributed by atoms with Crippen LogP contribution in [0.25, 0.3) is 11.0 Å². The zero-order valence-electron chi connectivity index (χ0n) is 13.4. The van der Waals surface area contributed by atoms with Gasteiger partial charge >= 0.3 is 0 Å². The molecule has 0 spiro atoms. The van der Waals surface area contributed by atoms with Crippen LogP contribution in [0.4, 0.5) is 4.39 Å². The molecule has 0 aliphatic carbocycles. The number of amides is 1. The van der Waals surface area contributed by atoms with Crippen LogP contribution in [0.2, 0.25) is 0 Å². The predicted octanol–water partition coefficient (Wildman–Crippen LogP) is 2.33. The molecule has 1 atom stereocenters. The van der Waals surface area contributed by atoms with Crippen molar-refractivity contribution in [1.82, 2.24) is 10.2 Å². The van der Waals surface area contributed by atoms with E-state index in [0.717, 1.165) is 26.3 Å². The standard InChI is InChI=1S/C17H21FN2O3/c1-11(20-6-8-22-9-7-20)10-19-17(21)15-12(2)13-4-3-5-14(18)16(13)23-15/h3-5,11H,6-10H2,1-2H3,(H,19,21). The summed E-state index contributed by atoms with van der Waals surface area (Å²) in [5.74, 6) is -0.580. The number of carbonyl (C=O) groups is 1. The highest BCUT2D eigenvalue weighted by atomic mass is 19.1. The number of aryl methyl sites for hydroxylation is 1. The lowest BCUT2D eigenvalue weighted by Gasteiger charge is -2.32. The van der Waals surface area contributed by atoms with Gasteiger partial charge < -0.3 is 14.5 Å². The Morgan fingerprint density at radius 3 is 2.83 bits per heavy atom. The summed E-state index contributed by atoms with van der Waals surface area (Å²) in [4.78, 5) is 14.6. The Morgan fingerprint density at radius 1 is 1.39 bits per heavy atom. The smallest absolute Gasteiger partial charge is 0.287 e. The summed E-state index contributed by atoms with van der Waals surface area (Å²) in [5, 5.41) is 3.52. The monoisotopic (exact) mass is 320 g/mol. The predicted molar refractivity (Wildman–Crippen MR) is 85.1 cm³/mol. The van der Waals surface area contributed by atoms with Gasteiger partial charge in [0.25, 0.3) is 5.91 Å². The van der Waals surface area contributed by atoms with Crippen LogP contribution in [0.3, 0.4) is 0 Å².